The number of esters is 3. The number of aliphatic hydroxyl groups excluding tert-OH is 2. The van der Waals surface area contributed by atoms with Gasteiger partial charge in [0, 0.05) is 19.3 Å². The van der Waals surface area contributed by atoms with Gasteiger partial charge in [0.15, 0.2) is 6.10 Å². The highest BCUT2D eigenvalue weighted by atomic mass is 31.2. The van der Waals surface area contributed by atoms with Crippen LogP contribution in [0.4, 0.5) is 0 Å². The Morgan fingerprint density at radius 3 is 0.779 bits per heavy atom. The summed E-state index contributed by atoms with van der Waals surface area (Å²) in [5, 5.41) is 20.7. The Balaban J connectivity index is 4.41. The molecule has 0 aliphatic rings. The standard InChI is InChI=1S/C95H164O16P2/c1-4-7-10-13-16-19-22-25-27-29-31-33-35-37-39-41-43-44-46-48-49-51-53-55-57-59-61-64-66-69-72-75-78-81-93(98)105-84-90(96)85-107-112(101,102)108-86-91(97)87-109-113(103,104)110-89-92(111-95(100)83-80-77-74-71-68-63-24-21-18-15-12-9-6-3)88-106-94(99)82-79-76-73-70-67-65-62-60-58-56-54-52-50-47-45-42-40-38-36-34-32-30-28-26-23-20-17-14-11-8-5-2/h8,11-12,15-17,19-21,24-28,31-34,37-40,45,47,90-92,96-97H,4-7,9-10,13-14,18,22-23,29-30,35-36,41-44,46,48-89H2,1-3H3,(H,101,102)(H,103,104)/b11-8-,15-12-,19-16-,20-17-,24-21-,27-25-,28-26-,33-31-,34-32-,39-37-,40-38-,47-45-. The molecule has 0 fully saturated rings. The van der Waals surface area contributed by atoms with Crippen molar-refractivity contribution in [1.82, 2.24) is 0 Å². The molecule has 16 nitrogen and oxygen atoms in total. The third kappa shape index (κ3) is 88.1. The fourth-order valence-electron chi connectivity index (χ4n) is 12.2. The Hall–Kier alpha value is -4.57. The summed E-state index contributed by atoms with van der Waals surface area (Å²) in [6, 6.07) is 0. The maximum absolute atomic E-state index is 13.0. The van der Waals surface area contributed by atoms with E-state index in [1.165, 1.54) is 161 Å². The minimum Gasteiger partial charge on any atom is -0.463 e. The van der Waals surface area contributed by atoms with Crippen molar-refractivity contribution in [3.8, 4) is 0 Å². The van der Waals surface area contributed by atoms with Gasteiger partial charge >= 0.3 is 33.6 Å². The zero-order chi connectivity index (χ0) is 82.2. The molecule has 4 N–H and O–H groups in total. The van der Waals surface area contributed by atoms with Gasteiger partial charge in [-0.05, 0) is 141 Å². The van der Waals surface area contributed by atoms with Crippen LogP contribution >= 0.6 is 15.6 Å². The average Bonchev–Trinajstić information content (AvgIpc) is 0.887. The quantitative estimate of drug-likeness (QED) is 0.0146. The zero-order valence-corrected chi connectivity index (χ0v) is 73.3. The number of rotatable bonds is 85. The molecule has 0 saturated carbocycles. The predicted octanol–water partition coefficient (Wildman–Crippen LogP) is 27.6. The van der Waals surface area contributed by atoms with Crippen molar-refractivity contribution in [2.24, 2.45) is 0 Å². The lowest BCUT2D eigenvalue weighted by Crippen LogP contribution is -2.30. The number of allylic oxidation sites excluding steroid dienone is 24. The van der Waals surface area contributed by atoms with E-state index in [1.54, 1.807) is 0 Å². The van der Waals surface area contributed by atoms with Crippen molar-refractivity contribution in [2.45, 2.75) is 399 Å². The highest BCUT2D eigenvalue weighted by molar-refractivity contribution is 7.47. The van der Waals surface area contributed by atoms with E-state index in [-0.39, 0.29) is 19.3 Å². The summed E-state index contributed by atoms with van der Waals surface area (Å²) in [4.78, 5) is 58.8. The van der Waals surface area contributed by atoms with E-state index in [2.05, 4.69) is 167 Å². The molecular formula is C95H164O16P2. The van der Waals surface area contributed by atoms with Gasteiger partial charge in [0.25, 0.3) is 0 Å². The maximum Gasteiger partial charge on any atom is 0.472 e. The summed E-state index contributed by atoms with van der Waals surface area (Å²) in [6.45, 7) is 2.49. The molecule has 0 rings (SSSR count). The second-order valence-electron chi connectivity index (χ2n) is 30.0. The van der Waals surface area contributed by atoms with Gasteiger partial charge in [0.1, 0.15) is 25.4 Å². The van der Waals surface area contributed by atoms with E-state index < -0.39 is 91.5 Å². The van der Waals surface area contributed by atoms with E-state index in [4.69, 9.17) is 32.3 Å². The Bertz CT molecular complexity index is 2630. The Morgan fingerprint density at radius 2 is 0.487 bits per heavy atom. The molecule has 0 radical (unpaired) electrons. The number of phosphoric acid groups is 2. The van der Waals surface area contributed by atoms with Crippen LogP contribution in [0.2, 0.25) is 0 Å². The summed E-state index contributed by atoms with van der Waals surface area (Å²) in [7, 11) is -9.80. The first-order chi connectivity index (χ1) is 55.2. The van der Waals surface area contributed by atoms with Crippen LogP contribution in [0.3, 0.4) is 0 Å². The Morgan fingerprint density at radius 1 is 0.257 bits per heavy atom. The monoisotopic (exact) mass is 1620 g/mol. The molecule has 0 spiro atoms. The second-order valence-corrected chi connectivity index (χ2v) is 32.9. The van der Waals surface area contributed by atoms with Crippen molar-refractivity contribution in [1.29, 1.82) is 0 Å². The number of unbranched alkanes of at least 4 members (excludes halogenated alkanes) is 38. The van der Waals surface area contributed by atoms with Crippen LogP contribution in [0.1, 0.15) is 380 Å². The van der Waals surface area contributed by atoms with Crippen molar-refractivity contribution in [3.63, 3.8) is 0 Å². The first-order valence-electron chi connectivity index (χ1n) is 45.1. The SMILES string of the molecule is CC/C=C\C/C=C\C/C=C\C/C=C\C/C=C\C/C=C\CCCCCCCCCCCCCCC(=O)OCC(COP(=O)(O)OCC(O)COP(=O)(O)OCC(O)COC(=O)CCCCCCCCCCCCCCCCCCC/C=C\C/C=C\C/C=C\C/C=C\CCCCC)OC(=O)CCCCCCC/C=C\C/C=C\CCC. The van der Waals surface area contributed by atoms with E-state index in [0.717, 1.165) is 161 Å². The molecule has 0 aliphatic heterocycles. The van der Waals surface area contributed by atoms with Crippen LogP contribution in [0, 0.1) is 0 Å². The number of carbonyl (C=O) groups is 3. The lowest BCUT2D eigenvalue weighted by atomic mass is 10.0. The van der Waals surface area contributed by atoms with Crippen LogP contribution in [-0.2, 0) is 55.8 Å². The first-order valence-corrected chi connectivity index (χ1v) is 48.1. The van der Waals surface area contributed by atoms with Gasteiger partial charge in [-0.1, -0.05) is 366 Å². The topological polar surface area (TPSA) is 231 Å². The normalized spacial score (nSPS) is 14.5. The molecule has 650 valence electrons. The average molecular weight is 1620 g/mol. The maximum atomic E-state index is 13.0. The molecule has 113 heavy (non-hydrogen) atoms. The van der Waals surface area contributed by atoms with Gasteiger partial charge < -0.3 is 34.2 Å². The summed E-state index contributed by atoms with van der Waals surface area (Å²) < 4.78 is 61.3. The zero-order valence-electron chi connectivity index (χ0n) is 71.5. The molecule has 0 aromatic rings. The van der Waals surface area contributed by atoms with E-state index in [1.807, 2.05) is 0 Å². The third-order valence-corrected chi connectivity index (χ3v) is 20.9. The number of aliphatic hydroxyl groups is 2. The number of hydrogen-bond donors (Lipinski definition) is 4. The van der Waals surface area contributed by atoms with Crippen molar-refractivity contribution in [2.75, 3.05) is 39.6 Å². The summed E-state index contributed by atoms with van der Waals surface area (Å²) in [5.74, 6) is -1.58. The smallest absolute Gasteiger partial charge is 0.463 e. The largest absolute Gasteiger partial charge is 0.472 e. The molecule has 0 aromatic heterocycles. The van der Waals surface area contributed by atoms with E-state index >= 15 is 0 Å². The molecule has 0 bridgehead atoms. The molecule has 5 unspecified atom stereocenters. The number of ether oxygens (including phenoxy) is 3. The van der Waals surface area contributed by atoms with Crippen LogP contribution < -0.4 is 0 Å². The van der Waals surface area contributed by atoms with Gasteiger partial charge in [0.05, 0.1) is 26.4 Å². The second kappa shape index (κ2) is 86.8. The van der Waals surface area contributed by atoms with Gasteiger partial charge in [-0.25, -0.2) is 9.13 Å². The van der Waals surface area contributed by atoms with Crippen molar-refractivity contribution < 1.29 is 75.8 Å². The molecular weight excluding hydrogens is 1460 g/mol. The molecule has 5 atom stereocenters. The highest BCUT2D eigenvalue weighted by Crippen LogP contribution is 2.45. The fraction of sp³-hybridized carbons (Fsp3) is 0.716. The lowest BCUT2D eigenvalue weighted by Gasteiger charge is -2.21. The van der Waals surface area contributed by atoms with Gasteiger partial charge in [-0.3, -0.25) is 32.5 Å². The summed E-state index contributed by atoms with van der Waals surface area (Å²) >= 11 is 0. The molecule has 0 aliphatic carbocycles. The lowest BCUT2D eigenvalue weighted by molar-refractivity contribution is -0.161. The summed E-state index contributed by atoms with van der Waals surface area (Å²) in [6.07, 6.45) is 109. The van der Waals surface area contributed by atoms with Crippen molar-refractivity contribution >= 4 is 33.6 Å². The first kappa shape index (κ1) is 108. The highest BCUT2D eigenvalue weighted by Gasteiger charge is 2.29. The minimum absolute atomic E-state index is 0.0861. The molecule has 0 aromatic carbocycles. The molecule has 18 heteroatoms. The Labute approximate surface area is 689 Å². The molecule has 0 amide bonds. The number of hydrogen-bond acceptors (Lipinski definition) is 14. The number of phosphoric ester groups is 2. The molecule has 0 saturated heterocycles. The summed E-state index contributed by atoms with van der Waals surface area (Å²) in [5.41, 5.74) is 0. The van der Waals surface area contributed by atoms with Crippen LogP contribution in [0.15, 0.2) is 146 Å². The van der Waals surface area contributed by atoms with Crippen molar-refractivity contribution in [3.05, 3.63) is 146 Å². The number of carbonyl (C=O) groups excluding carboxylic acids is 3. The van der Waals surface area contributed by atoms with E-state index in [9.17, 15) is 43.5 Å². The van der Waals surface area contributed by atoms with Gasteiger partial charge in [-0.2, -0.15) is 0 Å². The van der Waals surface area contributed by atoms with Crippen LogP contribution in [0.25, 0.3) is 0 Å². The molecule has 0 heterocycles. The van der Waals surface area contributed by atoms with Gasteiger partial charge in [-0.15, -0.1) is 0 Å². The fourth-order valence-corrected chi connectivity index (χ4v) is 13.8. The Kier molecular flexibility index (Phi) is 83.3. The van der Waals surface area contributed by atoms with Crippen LogP contribution in [0.5, 0.6) is 0 Å². The van der Waals surface area contributed by atoms with E-state index in [0.29, 0.717) is 19.3 Å². The van der Waals surface area contributed by atoms with Gasteiger partial charge in [0.2, 0.25) is 0 Å². The minimum atomic E-state index is -4.94. The predicted molar refractivity (Wildman–Crippen MR) is 473 cm³/mol. The third-order valence-electron chi connectivity index (χ3n) is 19.0. The van der Waals surface area contributed by atoms with Crippen LogP contribution in [-0.4, -0.2) is 95.9 Å².